The first-order valence-electron chi connectivity index (χ1n) is 8.02. The maximum atomic E-state index is 12.9. The fraction of sp³-hybridized carbons (Fsp3) is 0.471. The lowest BCUT2D eigenvalue weighted by Crippen LogP contribution is -2.47. The Morgan fingerprint density at radius 2 is 2.12 bits per heavy atom. The van der Waals surface area contributed by atoms with Crippen molar-refractivity contribution in [3.63, 3.8) is 0 Å². The van der Waals surface area contributed by atoms with Gasteiger partial charge in [-0.25, -0.2) is 4.39 Å². The number of carbonyl (C=O) groups excluding carboxylic acids is 1. The van der Waals surface area contributed by atoms with Gasteiger partial charge in [-0.2, -0.15) is 0 Å². The molecule has 0 saturated carbocycles. The van der Waals surface area contributed by atoms with E-state index in [1.54, 1.807) is 11.8 Å². The second kappa shape index (κ2) is 6.98. The lowest BCUT2D eigenvalue weighted by atomic mass is 9.90. The van der Waals surface area contributed by atoms with Gasteiger partial charge in [-0.15, -0.1) is 10.2 Å². The number of nitrogens with zero attached hydrogens (tertiary/aromatic N) is 3. The average molecular weight is 333 g/mol. The van der Waals surface area contributed by atoms with Crippen LogP contribution in [-0.4, -0.2) is 40.2 Å². The third-order valence-electron chi connectivity index (χ3n) is 4.34. The maximum Gasteiger partial charge on any atom is 0.260 e. The summed E-state index contributed by atoms with van der Waals surface area (Å²) >= 11 is 0. The molecule has 1 fully saturated rings. The molecule has 1 aliphatic rings. The van der Waals surface area contributed by atoms with Gasteiger partial charge < -0.3 is 14.1 Å². The van der Waals surface area contributed by atoms with Gasteiger partial charge in [0.15, 0.2) is 6.61 Å². The minimum absolute atomic E-state index is 0.0368. The zero-order chi connectivity index (χ0) is 17.1. The van der Waals surface area contributed by atoms with E-state index in [9.17, 15) is 9.18 Å². The van der Waals surface area contributed by atoms with E-state index in [2.05, 4.69) is 10.2 Å². The van der Waals surface area contributed by atoms with Gasteiger partial charge in [-0.3, -0.25) is 4.79 Å². The van der Waals surface area contributed by atoms with Crippen molar-refractivity contribution < 1.29 is 18.3 Å². The van der Waals surface area contributed by atoms with Crippen molar-refractivity contribution in [2.45, 2.75) is 38.6 Å². The Balaban J connectivity index is 1.62. The highest BCUT2D eigenvalue weighted by molar-refractivity contribution is 5.78. The van der Waals surface area contributed by atoms with Crippen LogP contribution in [-0.2, 0) is 4.79 Å². The molecule has 1 aliphatic heterocycles. The van der Waals surface area contributed by atoms with Gasteiger partial charge in [0.05, 0.1) is 5.92 Å². The summed E-state index contributed by atoms with van der Waals surface area (Å²) in [4.78, 5) is 14.3. The first-order valence-corrected chi connectivity index (χ1v) is 8.02. The highest BCUT2D eigenvalue weighted by atomic mass is 19.1. The molecule has 0 spiro atoms. The first-order chi connectivity index (χ1) is 11.5. The fourth-order valence-corrected chi connectivity index (χ4v) is 3.05. The summed E-state index contributed by atoms with van der Waals surface area (Å²) in [6, 6.07) is 5.58. The van der Waals surface area contributed by atoms with Crippen molar-refractivity contribution in [2.24, 2.45) is 0 Å². The van der Waals surface area contributed by atoms with Crippen LogP contribution in [0, 0.1) is 12.7 Å². The van der Waals surface area contributed by atoms with Crippen LogP contribution in [0.5, 0.6) is 5.75 Å². The topological polar surface area (TPSA) is 68.5 Å². The Labute approximate surface area is 139 Å². The number of aromatic nitrogens is 2. The quantitative estimate of drug-likeness (QED) is 0.860. The molecule has 7 heteroatoms. The number of likely N-dealkylation sites (tertiary alicyclic amines) is 1. The SMILES string of the molecule is Cc1nnc([C@H]2CCCN(C(=O)COc3ccc(F)cc3)[C@H]2C)o1. The van der Waals surface area contributed by atoms with E-state index in [0.29, 0.717) is 24.1 Å². The number of ether oxygens (including phenoxy) is 1. The van der Waals surface area contributed by atoms with Gasteiger partial charge in [0.25, 0.3) is 5.91 Å². The number of halogens is 1. The molecule has 1 saturated heterocycles. The van der Waals surface area contributed by atoms with Gasteiger partial charge in [0.2, 0.25) is 11.8 Å². The van der Waals surface area contributed by atoms with Gasteiger partial charge in [-0.1, -0.05) is 0 Å². The molecule has 1 aromatic heterocycles. The molecule has 6 nitrogen and oxygen atoms in total. The summed E-state index contributed by atoms with van der Waals surface area (Å²) in [6.45, 7) is 4.34. The maximum absolute atomic E-state index is 12.9. The van der Waals surface area contributed by atoms with Crippen LogP contribution in [0.15, 0.2) is 28.7 Å². The molecule has 3 rings (SSSR count). The second-order valence-electron chi connectivity index (χ2n) is 5.98. The van der Waals surface area contributed by atoms with E-state index in [1.807, 2.05) is 6.92 Å². The van der Waals surface area contributed by atoms with Gasteiger partial charge in [-0.05, 0) is 44.0 Å². The molecule has 0 bridgehead atoms. The average Bonchev–Trinajstić information content (AvgIpc) is 3.00. The van der Waals surface area contributed by atoms with Gasteiger partial charge in [0, 0.05) is 19.5 Å². The molecular formula is C17H20FN3O3. The number of hydrogen-bond acceptors (Lipinski definition) is 5. The Morgan fingerprint density at radius 3 is 2.79 bits per heavy atom. The molecule has 0 unspecified atom stereocenters. The van der Waals surface area contributed by atoms with Gasteiger partial charge >= 0.3 is 0 Å². The zero-order valence-electron chi connectivity index (χ0n) is 13.7. The molecule has 0 N–H and O–H groups in total. The van der Waals surface area contributed by atoms with Crippen molar-refractivity contribution in [3.8, 4) is 5.75 Å². The molecule has 2 aromatic rings. The molecule has 128 valence electrons. The zero-order valence-corrected chi connectivity index (χ0v) is 13.7. The lowest BCUT2D eigenvalue weighted by molar-refractivity contribution is -0.137. The van der Waals surface area contributed by atoms with Crippen LogP contribution in [0.1, 0.15) is 37.5 Å². The summed E-state index contributed by atoms with van der Waals surface area (Å²) in [5.41, 5.74) is 0. The van der Waals surface area contributed by atoms with Crippen molar-refractivity contribution in [1.82, 2.24) is 15.1 Å². The molecular weight excluding hydrogens is 313 g/mol. The molecule has 0 aliphatic carbocycles. The Bertz CT molecular complexity index is 701. The Kier molecular flexibility index (Phi) is 4.78. The van der Waals surface area contributed by atoms with E-state index in [-0.39, 0.29) is 30.3 Å². The minimum atomic E-state index is -0.337. The van der Waals surface area contributed by atoms with Crippen LogP contribution in [0.2, 0.25) is 0 Å². The number of rotatable bonds is 4. The number of amides is 1. The first kappa shape index (κ1) is 16.4. The third kappa shape index (κ3) is 3.55. The van der Waals surface area contributed by atoms with Crippen molar-refractivity contribution in [1.29, 1.82) is 0 Å². The van der Waals surface area contributed by atoms with Crippen LogP contribution in [0.4, 0.5) is 4.39 Å². The summed E-state index contributed by atoms with van der Waals surface area (Å²) in [6.07, 6.45) is 1.78. The smallest absolute Gasteiger partial charge is 0.260 e. The van der Waals surface area contributed by atoms with E-state index in [0.717, 1.165) is 12.8 Å². The molecule has 2 atom stereocenters. The summed E-state index contributed by atoms with van der Waals surface area (Å²) < 4.78 is 23.9. The third-order valence-corrected chi connectivity index (χ3v) is 4.34. The fourth-order valence-electron chi connectivity index (χ4n) is 3.05. The molecule has 0 radical (unpaired) electrons. The Morgan fingerprint density at radius 1 is 1.38 bits per heavy atom. The largest absolute Gasteiger partial charge is 0.484 e. The number of aryl methyl sites for hydroxylation is 1. The predicted octanol–water partition coefficient (Wildman–Crippen LogP) is 2.69. The molecule has 1 amide bonds. The number of piperidine rings is 1. The highest BCUT2D eigenvalue weighted by Gasteiger charge is 2.35. The Hall–Kier alpha value is -2.44. The molecule has 24 heavy (non-hydrogen) atoms. The van der Waals surface area contributed by atoms with Crippen molar-refractivity contribution >= 4 is 5.91 Å². The van der Waals surface area contributed by atoms with Crippen molar-refractivity contribution in [2.75, 3.05) is 13.2 Å². The van der Waals surface area contributed by atoms with Gasteiger partial charge in [0.1, 0.15) is 11.6 Å². The second-order valence-corrected chi connectivity index (χ2v) is 5.98. The van der Waals surface area contributed by atoms with Crippen LogP contribution >= 0.6 is 0 Å². The van der Waals surface area contributed by atoms with Crippen molar-refractivity contribution in [3.05, 3.63) is 41.9 Å². The molecule has 1 aromatic carbocycles. The summed E-state index contributed by atoms with van der Waals surface area (Å²) in [5.74, 6) is 1.18. The summed E-state index contributed by atoms with van der Waals surface area (Å²) in [7, 11) is 0. The van der Waals surface area contributed by atoms with E-state index in [4.69, 9.17) is 9.15 Å². The normalized spacial score (nSPS) is 20.9. The summed E-state index contributed by atoms with van der Waals surface area (Å²) in [5, 5.41) is 7.97. The van der Waals surface area contributed by atoms with E-state index in [1.165, 1.54) is 24.3 Å². The number of benzene rings is 1. The number of hydrogen-bond donors (Lipinski definition) is 0. The number of carbonyl (C=O) groups is 1. The van der Waals surface area contributed by atoms with Crippen LogP contribution in [0.3, 0.4) is 0 Å². The van der Waals surface area contributed by atoms with E-state index >= 15 is 0 Å². The van der Waals surface area contributed by atoms with E-state index < -0.39 is 0 Å². The highest BCUT2D eigenvalue weighted by Crippen LogP contribution is 2.31. The minimum Gasteiger partial charge on any atom is -0.484 e. The van der Waals surface area contributed by atoms with Crippen LogP contribution < -0.4 is 4.74 Å². The monoisotopic (exact) mass is 333 g/mol. The predicted molar refractivity (Wildman–Crippen MR) is 84.1 cm³/mol. The standard InChI is InChI=1S/C17H20FN3O3/c1-11-15(17-20-19-12(2)24-17)4-3-9-21(11)16(22)10-23-14-7-5-13(18)6-8-14/h5-8,11,15H,3-4,9-10H2,1-2H3/t11-,15-/m0/s1. The lowest BCUT2D eigenvalue weighted by Gasteiger charge is -2.37. The van der Waals surface area contributed by atoms with Crippen LogP contribution in [0.25, 0.3) is 0 Å². The molecule has 2 heterocycles.